The molecular weight excluding hydrogens is 372 g/mol. The Bertz CT molecular complexity index is 1070. The lowest BCUT2D eigenvalue weighted by Crippen LogP contribution is -2.22. The SMILES string of the molecule is Cc1ccc(NC(=O)c2sc3c(c2C)C(c2cccc(O)c2)CC(=O)N3)cc1. The number of phenols is 1. The van der Waals surface area contributed by atoms with E-state index in [-0.39, 0.29) is 29.9 Å². The van der Waals surface area contributed by atoms with Gasteiger partial charge in [0.2, 0.25) is 5.91 Å². The number of hydrogen-bond donors (Lipinski definition) is 3. The summed E-state index contributed by atoms with van der Waals surface area (Å²) in [6.07, 6.45) is 0.285. The molecule has 0 aliphatic carbocycles. The van der Waals surface area contributed by atoms with Gasteiger partial charge in [0.05, 0.1) is 9.88 Å². The van der Waals surface area contributed by atoms with Crippen LogP contribution in [0.25, 0.3) is 0 Å². The first-order valence-corrected chi connectivity index (χ1v) is 9.84. The van der Waals surface area contributed by atoms with Crippen molar-refractivity contribution >= 4 is 33.8 Å². The second-order valence-corrected chi connectivity index (χ2v) is 8.04. The lowest BCUT2D eigenvalue weighted by molar-refractivity contribution is -0.116. The third-order valence-electron chi connectivity index (χ3n) is 4.97. The number of carbonyl (C=O) groups is 2. The lowest BCUT2D eigenvalue weighted by atomic mass is 9.85. The van der Waals surface area contributed by atoms with Crippen molar-refractivity contribution in [2.24, 2.45) is 0 Å². The third-order valence-corrected chi connectivity index (χ3v) is 6.19. The van der Waals surface area contributed by atoms with E-state index in [1.165, 1.54) is 11.3 Å². The summed E-state index contributed by atoms with van der Waals surface area (Å²) in [6, 6.07) is 14.6. The highest BCUT2D eigenvalue weighted by Crippen LogP contribution is 2.45. The highest BCUT2D eigenvalue weighted by atomic mass is 32.1. The molecule has 1 aliphatic rings. The van der Waals surface area contributed by atoms with Crippen LogP contribution in [0.1, 0.15) is 44.3 Å². The van der Waals surface area contributed by atoms with Crippen LogP contribution in [0.5, 0.6) is 5.75 Å². The Kier molecular flexibility index (Phi) is 4.65. The van der Waals surface area contributed by atoms with E-state index in [1.807, 2.05) is 44.2 Å². The van der Waals surface area contributed by atoms with Crippen molar-refractivity contribution in [1.29, 1.82) is 0 Å². The third kappa shape index (κ3) is 3.39. The second-order valence-electron chi connectivity index (χ2n) is 7.02. The molecule has 1 aromatic heterocycles. The number of phenolic OH excluding ortho intramolecular Hbond substituents is 1. The van der Waals surface area contributed by atoms with E-state index in [0.717, 1.165) is 27.9 Å². The van der Waals surface area contributed by atoms with Gasteiger partial charge in [-0.3, -0.25) is 9.59 Å². The van der Waals surface area contributed by atoms with E-state index >= 15 is 0 Å². The van der Waals surface area contributed by atoms with Crippen molar-refractivity contribution in [3.8, 4) is 5.75 Å². The Morgan fingerprint density at radius 2 is 1.93 bits per heavy atom. The maximum atomic E-state index is 12.9. The van der Waals surface area contributed by atoms with Crippen LogP contribution in [0, 0.1) is 13.8 Å². The van der Waals surface area contributed by atoms with E-state index in [1.54, 1.807) is 18.2 Å². The number of thiophene rings is 1. The summed E-state index contributed by atoms with van der Waals surface area (Å²) in [5, 5.41) is 16.4. The molecule has 0 bridgehead atoms. The fourth-order valence-corrected chi connectivity index (χ4v) is 4.75. The fraction of sp³-hybridized carbons (Fsp3) is 0.182. The molecule has 2 heterocycles. The number of benzene rings is 2. The summed E-state index contributed by atoms with van der Waals surface area (Å²) in [7, 11) is 0. The molecule has 1 unspecified atom stereocenters. The highest BCUT2D eigenvalue weighted by molar-refractivity contribution is 7.18. The van der Waals surface area contributed by atoms with Gasteiger partial charge < -0.3 is 15.7 Å². The van der Waals surface area contributed by atoms with Crippen LogP contribution in [0.4, 0.5) is 10.7 Å². The molecule has 6 heteroatoms. The molecule has 2 amide bonds. The zero-order valence-electron chi connectivity index (χ0n) is 15.6. The minimum Gasteiger partial charge on any atom is -0.508 e. The number of rotatable bonds is 3. The van der Waals surface area contributed by atoms with Gasteiger partial charge in [-0.1, -0.05) is 29.8 Å². The first-order chi connectivity index (χ1) is 13.4. The maximum absolute atomic E-state index is 12.9. The number of nitrogens with one attached hydrogen (secondary N) is 2. The van der Waals surface area contributed by atoms with Crippen molar-refractivity contribution in [3.05, 3.63) is 75.7 Å². The lowest BCUT2D eigenvalue weighted by Gasteiger charge is -2.24. The van der Waals surface area contributed by atoms with Crippen LogP contribution in [-0.4, -0.2) is 16.9 Å². The topological polar surface area (TPSA) is 78.4 Å². The number of amides is 2. The number of aromatic hydroxyl groups is 1. The Morgan fingerprint density at radius 1 is 1.18 bits per heavy atom. The van der Waals surface area contributed by atoms with E-state index in [9.17, 15) is 14.7 Å². The molecule has 1 aliphatic heterocycles. The van der Waals surface area contributed by atoms with Crippen LogP contribution in [0.2, 0.25) is 0 Å². The smallest absolute Gasteiger partial charge is 0.266 e. The van der Waals surface area contributed by atoms with Gasteiger partial charge in [-0.2, -0.15) is 0 Å². The molecule has 4 rings (SSSR count). The molecule has 0 radical (unpaired) electrons. The minimum atomic E-state index is -0.190. The molecule has 0 saturated heterocycles. The molecular formula is C22H20N2O3S. The monoisotopic (exact) mass is 392 g/mol. The largest absolute Gasteiger partial charge is 0.508 e. The number of anilines is 2. The molecule has 5 nitrogen and oxygen atoms in total. The number of fused-ring (bicyclic) bond motifs is 1. The van der Waals surface area contributed by atoms with Gasteiger partial charge in [-0.15, -0.1) is 11.3 Å². The number of hydrogen-bond acceptors (Lipinski definition) is 4. The number of carbonyl (C=O) groups excluding carboxylic acids is 2. The minimum absolute atomic E-state index is 0.0902. The summed E-state index contributed by atoms with van der Waals surface area (Å²) >= 11 is 1.29. The molecule has 2 aromatic carbocycles. The van der Waals surface area contributed by atoms with E-state index in [4.69, 9.17) is 0 Å². The van der Waals surface area contributed by atoms with Gasteiger partial charge >= 0.3 is 0 Å². The van der Waals surface area contributed by atoms with E-state index in [2.05, 4.69) is 10.6 Å². The van der Waals surface area contributed by atoms with Crippen LogP contribution < -0.4 is 10.6 Å². The fourth-order valence-electron chi connectivity index (χ4n) is 3.57. The Labute approximate surface area is 167 Å². The molecule has 0 spiro atoms. The van der Waals surface area contributed by atoms with Crippen LogP contribution in [0.3, 0.4) is 0 Å². The Balaban J connectivity index is 1.70. The molecule has 142 valence electrons. The molecule has 0 saturated carbocycles. The molecule has 28 heavy (non-hydrogen) atoms. The second kappa shape index (κ2) is 7.13. The predicted octanol–water partition coefficient (Wildman–Crippen LogP) is 4.80. The first-order valence-electron chi connectivity index (χ1n) is 9.02. The van der Waals surface area contributed by atoms with Gasteiger partial charge in [0.15, 0.2) is 0 Å². The predicted molar refractivity (Wildman–Crippen MR) is 111 cm³/mol. The van der Waals surface area contributed by atoms with Crippen LogP contribution >= 0.6 is 11.3 Å². The average molecular weight is 392 g/mol. The molecule has 0 fully saturated rings. The molecule has 3 aromatic rings. The summed E-state index contributed by atoms with van der Waals surface area (Å²) in [6.45, 7) is 3.90. The van der Waals surface area contributed by atoms with Gasteiger partial charge in [0.25, 0.3) is 5.91 Å². The van der Waals surface area contributed by atoms with Gasteiger partial charge in [0, 0.05) is 18.0 Å². The summed E-state index contributed by atoms with van der Waals surface area (Å²) in [4.78, 5) is 25.7. The summed E-state index contributed by atoms with van der Waals surface area (Å²) < 4.78 is 0. The maximum Gasteiger partial charge on any atom is 0.266 e. The Hall–Kier alpha value is -3.12. The van der Waals surface area contributed by atoms with E-state index in [0.29, 0.717) is 9.88 Å². The van der Waals surface area contributed by atoms with E-state index < -0.39 is 0 Å². The van der Waals surface area contributed by atoms with Crippen LogP contribution in [-0.2, 0) is 4.79 Å². The van der Waals surface area contributed by atoms with Crippen molar-refractivity contribution < 1.29 is 14.7 Å². The van der Waals surface area contributed by atoms with Gasteiger partial charge in [-0.25, -0.2) is 0 Å². The standard InChI is InChI=1S/C22H20N2O3S/c1-12-6-8-15(9-7-12)23-21(27)20-13(2)19-17(11-18(26)24-22(19)28-20)14-4-3-5-16(25)10-14/h3-10,17,25H,11H2,1-2H3,(H,23,27)(H,24,26). The van der Waals surface area contributed by atoms with Crippen molar-refractivity contribution in [2.75, 3.05) is 10.6 Å². The zero-order chi connectivity index (χ0) is 19.8. The van der Waals surface area contributed by atoms with Gasteiger partial charge in [-0.05, 0) is 54.8 Å². The van der Waals surface area contributed by atoms with Crippen molar-refractivity contribution in [1.82, 2.24) is 0 Å². The van der Waals surface area contributed by atoms with Crippen molar-refractivity contribution in [3.63, 3.8) is 0 Å². The molecule has 3 N–H and O–H groups in total. The number of aryl methyl sites for hydroxylation is 1. The highest BCUT2D eigenvalue weighted by Gasteiger charge is 2.33. The zero-order valence-corrected chi connectivity index (χ0v) is 16.4. The summed E-state index contributed by atoms with van der Waals surface area (Å²) in [5.74, 6) is -0.305. The van der Waals surface area contributed by atoms with Crippen molar-refractivity contribution in [2.45, 2.75) is 26.2 Å². The Morgan fingerprint density at radius 3 is 2.64 bits per heavy atom. The average Bonchev–Trinajstić information content (AvgIpc) is 2.99. The normalized spacial score (nSPS) is 15.6. The molecule has 1 atom stereocenters. The van der Waals surface area contributed by atoms with Gasteiger partial charge in [0.1, 0.15) is 5.75 Å². The first kappa shape index (κ1) is 18.3. The quantitative estimate of drug-likeness (QED) is 0.599. The summed E-state index contributed by atoms with van der Waals surface area (Å²) in [5.41, 5.74) is 4.53. The van der Waals surface area contributed by atoms with Crippen LogP contribution in [0.15, 0.2) is 48.5 Å².